The Morgan fingerprint density at radius 1 is 1.38 bits per heavy atom. The molecule has 2 rings (SSSR count). The quantitative estimate of drug-likeness (QED) is 0.734. The summed E-state index contributed by atoms with van der Waals surface area (Å²) >= 11 is 6.97. The summed E-state index contributed by atoms with van der Waals surface area (Å²) in [7, 11) is 0. The first-order valence-electron chi connectivity index (χ1n) is 7.98. The molecular formula is C17H24Br2N2O3. The van der Waals surface area contributed by atoms with E-state index in [-0.39, 0.29) is 12.1 Å². The first-order chi connectivity index (χ1) is 11.3. The van der Waals surface area contributed by atoms with Gasteiger partial charge in [0, 0.05) is 28.6 Å². The van der Waals surface area contributed by atoms with Gasteiger partial charge in [-0.3, -0.25) is 4.90 Å². The van der Waals surface area contributed by atoms with Crippen molar-refractivity contribution >= 4 is 38.0 Å². The minimum Gasteiger partial charge on any atom is -0.444 e. The lowest BCUT2D eigenvalue weighted by atomic mass is 10.2. The Morgan fingerprint density at radius 3 is 2.79 bits per heavy atom. The highest BCUT2D eigenvalue weighted by atomic mass is 79.9. The van der Waals surface area contributed by atoms with Crippen molar-refractivity contribution in [3.8, 4) is 0 Å². The number of carbonyl (C=O) groups excluding carboxylic acids is 1. The minimum absolute atomic E-state index is 0.0208. The predicted octanol–water partition coefficient (Wildman–Crippen LogP) is 3.94. The maximum Gasteiger partial charge on any atom is 0.410 e. The van der Waals surface area contributed by atoms with Crippen molar-refractivity contribution in [2.75, 3.05) is 26.3 Å². The van der Waals surface area contributed by atoms with Gasteiger partial charge in [0.15, 0.2) is 0 Å². The van der Waals surface area contributed by atoms with Gasteiger partial charge < -0.3 is 14.8 Å². The van der Waals surface area contributed by atoms with E-state index in [1.54, 1.807) is 4.90 Å². The highest BCUT2D eigenvalue weighted by molar-refractivity contribution is 9.13. The summed E-state index contributed by atoms with van der Waals surface area (Å²) in [5.74, 6) is 0. The van der Waals surface area contributed by atoms with E-state index < -0.39 is 5.60 Å². The van der Waals surface area contributed by atoms with Crippen molar-refractivity contribution in [3.63, 3.8) is 0 Å². The van der Waals surface area contributed by atoms with Gasteiger partial charge in [-0.15, -0.1) is 0 Å². The maximum atomic E-state index is 12.3. The second-order valence-corrected chi connectivity index (χ2v) is 8.49. The fraction of sp³-hybridized carbons (Fsp3) is 0.588. The van der Waals surface area contributed by atoms with Crippen LogP contribution in [0.1, 0.15) is 26.3 Å². The number of benzene rings is 1. The van der Waals surface area contributed by atoms with Crippen LogP contribution in [0.25, 0.3) is 0 Å². The summed E-state index contributed by atoms with van der Waals surface area (Å²) < 4.78 is 13.1. The monoisotopic (exact) mass is 462 g/mol. The van der Waals surface area contributed by atoms with E-state index in [2.05, 4.69) is 49.3 Å². The Balaban J connectivity index is 1.88. The Morgan fingerprint density at radius 2 is 2.12 bits per heavy atom. The van der Waals surface area contributed by atoms with Crippen LogP contribution in [0.5, 0.6) is 0 Å². The molecule has 0 spiro atoms. The zero-order chi connectivity index (χ0) is 17.7. The maximum absolute atomic E-state index is 12.3. The average Bonchev–Trinajstić information content (AvgIpc) is 2.49. The molecule has 5 nitrogen and oxygen atoms in total. The van der Waals surface area contributed by atoms with Gasteiger partial charge in [0.1, 0.15) is 5.60 Å². The lowest BCUT2D eigenvalue weighted by Crippen LogP contribution is -2.54. The van der Waals surface area contributed by atoms with Crippen LogP contribution in [0.2, 0.25) is 0 Å². The van der Waals surface area contributed by atoms with Gasteiger partial charge in [0.25, 0.3) is 0 Å². The molecule has 1 saturated heterocycles. The number of hydrogen-bond donors (Lipinski definition) is 1. The lowest BCUT2D eigenvalue weighted by molar-refractivity contribution is -0.0317. The topological polar surface area (TPSA) is 50.8 Å². The van der Waals surface area contributed by atoms with Gasteiger partial charge in [0.05, 0.1) is 19.3 Å². The third-order valence-corrected chi connectivity index (χ3v) is 5.43. The fourth-order valence-corrected chi connectivity index (χ4v) is 3.09. The number of morpholine rings is 1. The van der Waals surface area contributed by atoms with Gasteiger partial charge >= 0.3 is 6.09 Å². The van der Waals surface area contributed by atoms with Gasteiger partial charge in [-0.05, 0) is 70.3 Å². The van der Waals surface area contributed by atoms with Crippen LogP contribution in [0.3, 0.4) is 0 Å². The van der Waals surface area contributed by atoms with E-state index in [0.717, 1.165) is 15.5 Å². The Bertz CT molecular complexity index is 575. The Kier molecular flexibility index (Phi) is 7.10. The van der Waals surface area contributed by atoms with E-state index in [1.165, 1.54) is 5.56 Å². The molecule has 134 valence electrons. The van der Waals surface area contributed by atoms with Crippen molar-refractivity contribution in [1.82, 2.24) is 10.2 Å². The smallest absolute Gasteiger partial charge is 0.410 e. The number of carbonyl (C=O) groups is 1. The van der Waals surface area contributed by atoms with E-state index in [4.69, 9.17) is 9.47 Å². The fourth-order valence-electron chi connectivity index (χ4n) is 2.42. The molecule has 0 saturated carbocycles. The summed E-state index contributed by atoms with van der Waals surface area (Å²) in [5, 5.41) is 3.40. The molecule has 0 aromatic heterocycles. The highest BCUT2D eigenvalue weighted by Crippen LogP contribution is 2.23. The van der Waals surface area contributed by atoms with Crippen molar-refractivity contribution in [3.05, 3.63) is 32.7 Å². The molecule has 1 amide bonds. The molecule has 1 aliphatic heterocycles. The number of hydrogen-bond acceptors (Lipinski definition) is 4. The van der Waals surface area contributed by atoms with E-state index in [0.29, 0.717) is 26.3 Å². The van der Waals surface area contributed by atoms with Crippen LogP contribution in [-0.2, 0) is 16.0 Å². The van der Waals surface area contributed by atoms with Crippen molar-refractivity contribution in [1.29, 1.82) is 0 Å². The molecule has 1 aromatic rings. The molecule has 1 fully saturated rings. The molecule has 1 aromatic carbocycles. The summed E-state index contributed by atoms with van der Waals surface area (Å²) in [6.07, 6.45) is -0.274. The molecule has 0 radical (unpaired) electrons. The third kappa shape index (κ3) is 6.02. The number of nitrogens with zero attached hydrogens (tertiary/aromatic N) is 1. The molecule has 1 atom stereocenters. The number of nitrogens with one attached hydrogen (secondary N) is 1. The van der Waals surface area contributed by atoms with Gasteiger partial charge in [-0.1, -0.05) is 6.07 Å². The molecular weight excluding hydrogens is 440 g/mol. The Labute approximate surface area is 160 Å². The second kappa shape index (κ2) is 8.65. The number of amides is 1. The number of ether oxygens (including phenoxy) is 2. The summed E-state index contributed by atoms with van der Waals surface area (Å²) in [6, 6.07) is 6.12. The number of halogens is 2. The van der Waals surface area contributed by atoms with Crippen LogP contribution in [0.15, 0.2) is 27.1 Å². The zero-order valence-corrected chi connectivity index (χ0v) is 17.4. The third-order valence-electron chi connectivity index (χ3n) is 3.55. The largest absolute Gasteiger partial charge is 0.444 e. The minimum atomic E-state index is -0.489. The molecule has 0 bridgehead atoms. The SMILES string of the molecule is CC(C)(C)OC(=O)N1CCOCC1CNCc1ccc(Br)c(Br)c1. The highest BCUT2D eigenvalue weighted by Gasteiger charge is 2.30. The molecule has 0 aliphatic carbocycles. The van der Waals surface area contributed by atoms with Gasteiger partial charge in [-0.2, -0.15) is 0 Å². The first kappa shape index (κ1) is 19.7. The molecule has 1 heterocycles. The van der Waals surface area contributed by atoms with E-state index >= 15 is 0 Å². The van der Waals surface area contributed by atoms with Crippen molar-refractivity contribution in [2.24, 2.45) is 0 Å². The molecule has 1 N–H and O–H groups in total. The summed E-state index contributed by atoms with van der Waals surface area (Å²) in [5.41, 5.74) is 0.683. The molecule has 7 heteroatoms. The second-order valence-electron chi connectivity index (χ2n) is 6.78. The molecule has 1 unspecified atom stereocenters. The van der Waals surface area contributed by atoms with Gasteiger partial charge in [0.2, 0.25) is 0 Å². The van der Waals surface area contributed by atoms with Gasteiger partial charge in [-0.25, -0.2) is 4.79 Å². The molecule has 24 heavy (non-hydrogen) atoms. The predicted molar refractivity (Wildman–Crippen MR) is 101 cm³/mol. The average molecular weight is 464 g/mol. The number of rotatable bonds is 4. The van der Waals surface area contributed by atoms with Crippen LogP contribution < -0.4 is 5.32 Å². The zero-order valence-electron chi connectivity index (χ0n) is 14.3. The van der Waals surface area contributed by atoms with E-state index in [9.17, 15) is 4.79 Å². The van der Waals surface area contributed by atoms with E-state index in [1.807, 2.05) is 26.8 Å². The standard InChI is InChI=1S/C17H24Br2N2O3/c1-17(2,3)24-16(22)21-6-7-23-11-13(21)10-20-9-12-4-5-14(18)15(19)8-12/h4-5,8,13,20H,6-7,9-11H2,1-3H3. The van der Waals surface area contributed by atoms with Crippen LogP contribution in [-0.4, -0.2) is 48.9 Å². The summed E-state index contributed by atoms with van der Waals surface area (Å²) in [4.78, 5) is 14.1. The normalized spacial score (nSPS) is 18.5. The van der Waals surface area contributed by atoms with Crippen LogP contribution >= 0.6 is 31.9 Å². The first-order valence-corrected chi connectivity index (χ1v) is 9.57. The lowest BCUT2D eigenvalue weighted by Gasteiger charge is -2.36. The molecule has 1 aliphatic rings. The van der Waals surface area contributed by atoms with Crippen molar-refractivity contribution in [2.45, 2.75) is 39.0 Å². The van der Waals surface area contributed by atoms with Crippen LogP contribution in [0.4, 0.5) is 4.79 Å². The summed E-state index contributed by atoms with van der Waals surface area (Å²) in [6.45, 7) is 8.66. The Hall–Kier alpha value is -0.630. The van der Waals surface area contributed by atoms with Crippen LogP contribution in [0, 0.1) is 0 Å². The van der Waals surface area contributed by atoms with Crippen molar-refractivity contribution < 1.29 is 14.3 Å².